The third-order valence-electron chi connectivity index (χ3n) is 5.62. The molecule has 1 N–H and O–H groups in total. The molecule has 0 bridgehead atoms. The predicted molar refractivity (Wildman–Crippen MR) is 121 cm³/mol. The molecule has 0 fully saturated rings. The van der Waals surface area contributed by atoms with E-state index in [9.17, 15) is 4.79 Å². The summed E-state index contributed by atoms with van der Waals surface area (Å²) >= 11 is 0. The molecular weight excluding hydrogens is 402 g/mol. The molecule has 0 amide bonds. The van der Waals surface area contributed by atoms with Crippen molar-refractivity contribution in [2.75, 3.05) is 7.11 Å². The molecule has 0 spiro atoms. The number of benzene rings is 3. The smallest absolute Gasteiger partial charge is 0.293 e. The number of H-pyrrole nitrogens is 1. The van der Waals surface area contributed by atoms with Crippen LogP contribution in [0.25, 0.3) is 0 Å². The summed E-state index contributed by atoms with van der Waals surface area (Å²) in [5.41, 5.74) is 2.26. The molecule has 4 rings (SSSR count). The Bertz CT molecular complexity index is 1020. The van der Waals surface area contributed by atoms with Crippen molar-refractivity contribution in [3.63, 3.8) is 0 Å². The number of carbonyl (C=O) groups is 1. The van der Waals surface area contributed by atoms with Crippen LogP contribution in [0.3, 0.4) is 0 Å². The average Bonchev–Trinajstić information content (AvgIpc) is 3.29. The molecule has 6 nitrogen and oxygen atoms in total. The Morgan fingerprint density at radius 3 is 1.81 bits per heavy atom. The van der Waals surface area contributed by atoms with E-state index in [0.29, 0.717) is 31.1 Å². The minimum atomic E-state index is -0.771. The topological polar surface area (TPSA) is 77.1 Å². The highest BCUT2D eigenvalue weighted by Crippen LogP contribution is 2.44. The zero-order valence-corrected chi connectivity index (χ0v) is 17.8. The molecule has 1 atom stereocenters. The van der Waals surface area contributed by atoms with Gasteiger partial charge < -0.3 is 9.47 Å². The average molecular weight is 428 g/mol. The maximum Gasteiger partial charge on any atom is 0.293 e. The van der Waals surface area contributed by atoms with E-state index in [-0.39, 0.29) is 0 Å². The first-order valence-corrected chi connectivity index (χ1v) is 10.4. The van der Waals surface area contributed by atoms with Crippen LogP contribution in [0, 0.1) is 0 Å². The van der Waals surface area contributed by atoms with Gasteiger partial charge in [0.2, 0.25) is 0 Å². The van der Waals surface area contributed by atoms with Crippen molar-refractivity contribution in [3.05, 3.63) is 119 Å². The second-order valence-electron chi connectivity index (χ2n) is 7.46. The number of rotatable bonds is 10. The molecule has 0 aliphatic heterocycles. The van der Waals surface area contributed by atoms with Gasteiger partial charge in [0, 0.05) is 13.5 Å². The van der Waals surface area contributed by atoms with Crippen LogP contribution in [-0.4, -0.2) is 34.9 Å². The van der Waals surface area contributed by atoms with Gasteiger partial charge in [-0.15, -0.1) is 0 Å². The van der Waals surface area contributed by atoms with Gasteiger partial charge in [0.25, 0.3) is 6.47 Å². The second-order valence-corrected chi connectivity index (χ2v) is 7.46. The molecule has 0 radical (unpaired) electrons. The fraction of sp³-hybridized carbons (Fsp3) is 0.192. The van der Waals surface area contributed by atoms with Gasteiger partial charge in [-0.05, 0) is 16.7 Å². The third-order valence-corrected chi connectivity index (χ3v) is 5.62. The van der Waals surface area contributed by atoms with Crippen molar-refractivity contribution < 1.29 is 14.3 Å². The van der Waals surface area contributed by atoms with E-state index in [1.54, 1.807) is 7.11 Å². The van der Waals surface area contributed by atoms with Gasteiger partial charge in [-0.3, -0.25) is 9.89 Å². The normalized spacial score (nSPS) is 12.3. The highest BCUT2D eigenvalue weighted by Gasteiger charge is 2.46. The highest BCUT2D eigenvalue weighted by molar-refractivity contribution is 5.53. The van der Waals surface area contributed by atoms with Crippen molar-refractivity contribution in [2.24, 2.45) is 0 Å². The Balaban J connectivity index is 1.94. The van der Waals surface area contributed by atoms with Crippen LogP contribution in [0.15, 0.2) is 91.0 Å². The summed E-state index contributed by atoms with van der Waals surface area (Å²) in [6.07, 6.45) is -0.282. The second kappa shape index (κ2) is 10.0. The van der Waals surface area contributed by atoms with E-state index in [4.69, 9.17) is 9.47 Å². The van der Waals surface area contributed by atoms with Gasteiger partial charge in [-0.1, -0.05) is 91.0 Å². The number of nitrogens with one attached hydrogen (secondary N) is 1. The van der Waals surface area contributed by atoms with Crippen molar-refractivity contribution >= 4 is 6.47 Å². The lowest BCUT2D eigenvalue weighted by Crippen LogP contribution is -2.45. The van der Waals surface area contributed by atoms with Crippen LogP contribution in [0.4, 0.5) is 0 Å². The predicted octanol–water partition coefficient (Wildman–Crippen LogP) is 4.07. The van der Waals surface area contributed by atoms with Crippen molar-refractivity contribution in [1.29, 1.82) is 0 Å². The zero-order chi connectivity index (χ0) is 22.2. The monoisotopic (exact) mass is 427 g/mol. The number of aromatic nitrogens is 3. The summed E-state index contributed by atoms with van der Waals surface area (Å²) in [6, 6.07) is 30.3. The summed E-state index contributed by atoms with van der Waals surface area (Å²) in [7, 11) is 1.60. The van der Waals surface area contributed by atoms with Crippen molar-refractivity contribution in [3.8, 4) is 0 Å². The fourth-order valence-electron chi connectivity index (χ4n) is 4.32. The molecule has 0 saturated carbocycles. The highest BCUT2D eigenvalue weighted by atomic mass is 16.5. The first-order chi connectivity index (χ1) is 15.8. The fourth-order valence-corrected chi connectivity index (χ4v) is 4.32. The Hall–Kier alpha value is -3.77. The zero-order valence-electron chi connectivity index (χ0n) is 17.8. The molecule has 162 valence electrons. The van der Waals surface area contributed by atoms with Crippen LogP contribution in [0.5, 0.6) is 0 Å². The van der Waals surface area contributed by atoms with Crippen molar-refractivity contribution in [2.45, 2.75) is 24.5 Å². The maximum absolute atomic E-state index is 11.8. The summed E-state index contributed by atoms with van der Waals surface area (Å²) in [4.78, 5) is 16.3. The lowest BCUT2D eigenvalue weighted by atomic mass is 9.65. The first-order valence-electron chi connectivity index (χ1n) is 10.4. The summed E-state index contributed by atoms with van der Waals surface area (Å²) in [5.74, 6) is 1.17. The Morgan fingerprint density at radius 2 is 1.38 bits per heavy atom. The lowest BCUT2D eigenvalue weighted by molar-refractivity contribution is -0.135. The van der Waals surface area contributed by atoms with E-state index in [0.717, 1.165) is 16.7 Å². The molecule has 32 heavy (non-hydrogen) atoms. The number of carbonyl (C=O) groups excluding carboxylic acids is 1. The summed E-state index contributed by atoms with van der Waals surface area (Å²) < 4.78 is 11.0. The van der Waals surface area contributed by atoms with Gasteiger partial charge in [0.05, 0.1) is 5.41 Å². The summed E-state index contributed by atoms with van der Waals surface area (Å²) in [6.45, 7) is 0.838. The lowest BCUT2D eigenvalue weighted by Gasteiger charge is -2.41. The standard InChI is InChI=1S/C26H25N3O3/c1-31-18-25-27-24(28-29-25)17-23(32-19-30)26(20-11-5-2-6-12-20,21-13-7-3-8-14-21)22-15-9-4-10-16-22/h2-16,19,23H,17-18H2,1H3,(H,27,28,29). The number of hydrogen-bond acceptors (Lipinski definition) is 5. The van der Waals surface area contributed by atoms with Crippen LogP contribution in [0.1, 0.15) is 28.3 Å². The van der Waals surface area contributed by atoms with E-state index in [1.165, 1.54) is 0 Å². The Kier molecular flexibility index (Phi) is 6.72. The van der Waals surface area contributed by atoms with Crippen LogP contribution >= 0.6 is 0 Å². The number of hydrogen-bond donors (Lipinski definition) is 1. The molecule has 6 heteroatoms. The quantitative estimate of drug-likeness (QED) is 0.305. The van der Waals surface area contributed by atoms with Gasteiger partial charge in [-0.2, -0.15) is 5.10 Å². The van der Waals surface area contributed by atoms with Crippen LogP contribution < -0.4 is 0 Å². The van der Waals surface area contributed by atoms with E-state index < -0.39 is 11.5 Å². The van der Waals surface area contributed by atoms with Crippen LogP contribution in [-0.2, 0) is 32.7 Å². The molecule has 0 saturated heterocycles. The third kappa shape index (κ3) is 4.18. The molecule has 0 aliphatic carbocycles. The number of aromatic amines is 1. The molecule has 1 heterocycles. The number of methoxy groups -OCH3 is 1. The van der Waals surface area contributed by atoms with E-state index >= 15 is 0 Å². The van der Waals surface area contributed by atoms with Gasteiger partial charge >= 0.3 is 0 Å². The van der Waals surface area contributed by atoms with Crippen molar-refractivity contribution in [1.82, 2.24) is 15.2 Å². The van der Waals surface area contributed by atoms with Gasteiger partial charge in [0.1, 0.15) is 12.7 Å². The van der Waals surface area contributed by atoms with Crippen LogP contribution in [0.2, 0.25) is 0 Å². The molecule has 1 unspecified atom stereocenters. The molecule has 1 aromatic heterocycles. The Labute approximate surface area is 187 Å². The molecular formula is C26H25N3O3. The van der Waals surface area contributed by atoms with E-state index in [1.807, 2.05) is 54.6 Å². The van der Waals surface area contributed by atoms with Gasteiger partial charge in [0.15, 0.2) is 11.6 Å². The molecule has 3 aromatic carbocycles. The maximum atomic E-state index is 11.8. The largest absolute Gasteiger partial charge is 0.462 e. The SMILES string of the molecule is COCc1nc(CC(OC=O)C(c2ccccc2)(c2ccccc2)c2ccccc2)n[nH]1. The molecule has 4 aromatic rings. The first kappa shape index (κ1) is 21.5. The summed E-state index contributed by atoms with van der Waals surface area (Å²) in [5, 5.41) is 7.23. The van der Waals surface area contributed by atoms with Gasteiger partial charge in [-0.25, -0.2) is 4.98 Å². The molecule has 0 aliphatic rings. The Morgan fingerprint density at radius 1 is 0.875 bits per heavy atom. The minimum Gasteiger partial charge on any atom is -0.462 e. The van der Waals surface area contributed by atoms with E-state index in [2.05, 4.69) is 51.6 Å². The minimum absolute atomic E-state index is 0.317. The number of ether oxygens (including phenoxy) is 2. The number of nitrogens with zero attached hydrogens (tertiary/aromatic N) is 2.